The number of hydrogen-bond acceptors (Lipinski definition) is 7. The number of hydrogen-bond donors (Lipinski definition) is 2. The fraction of sp³-hybridized carbons (Fsp3) is 0.375. The highest BCUT2D eigenvalue weighted by Crippen LogP contribution is 2.28. The summed E-state index contributed by atoms with van der Waals surface area (Å²) < 4.78 is 36.7. The van der Waals surface area contributed by atoms with Crippen LogP contribution in [-0.4, -0.2) is 55.7 Å². The third-order valence-electron chi connectivity index (χ3n) is 7.56. The van der Waals surface area contributed by atoms with Crippen molar-refractivity contribution in [3.8, 4) is 11.5 Å². The normalized spacial score (nSPS) is 14.2. The molecule has 0 atom stereocenters. The number of fused-ring (bicyclic) bond motifs is 1. The largest absolute Gasteiger partial charge is 0.457 e. The predicted octanol–water partition coefficient (Wildman–Crippen LogP) is 7.17. The van der Waals surface area contributed by atoms with Gasteiger partial charge in [-0.25, -0.2) is 13.2 Å². The van der Waals surface area contributed by atoms with Crippen LogP contribution in [0.15, 0.2) is 66.7 Å². The van der Waals surface area contributed by atoms with Crippen LogP contribution < -0.4 is 19.7 Å². The van der Waals surface area contributed by atoms with E-state index >= 15 is 0 Å². The molecule has 1 fully saturated rings. The Morgan fingerprint density at radius 2 is 1.70 bits per heavy atom. The molecular weight excluding hydrogens is 618 g/mol. The molecule has 4 aromatic rings. The zero-order valence-electron chi connectivity index (χ0n) is 25.3. The molecule has 0 bridgehead atoms. The average Bonchev–Trinajstić information content (AvgIpc) is 3.35. The molecule has 236 valence electrons. The lowest BCUT2D eigenvalue weighted by Crippen LogP contribution is -2.49. The number of aryl methyl sites for hydroxylation is 1. The van der Waals surface area contributed by atoms with Gasteiger partial charge >= 0.3 is 6.03 Å². The monoisotopic (exact) mass is 657 g/mol. The van der Waals surface area contributed by atoms with Crippen molar-refractivity contribution in [1.82, 2.24) is 14.6 Å². The first-order chi connectivity index (χ1) is 20.7. The molecule has 1 saturated heterocycles. The van der Waals surface area contributed by atoms with E-state index in [9.17, 15) is 13.2 Å². The minimum atomic E-state index is -3.31. The Balaban J connectivity index is 0.00000442. The lowest BCUT2D eigenvalue weighted by molar-refractivity contribution is 0.188. The van der Waals surface area contributed by atoms with Crippen LogP contribution in [0.2, 0.25) is 0 Å². The fourth-order valence-corrected chi connectivity index (χ4v) is 6.56. The number of ether oxygens (including phenoxy) is 1. The number of halogens is 1. The fourth-order valence-electron chi connectivity index (χ4n) is 5.23. The summed E-state index contributed by atoms with van der Waals surface area (Å²) in [5, 5.41) is 4.42. The Kier molecular flexibility index (Phi) is 11.5. The standard InChI is InChI=1S/C32H39N5O4S2.ClH/c1-4-5-18-37(27-10-15-31-30(21-27)23(2)34-42-31)32(38)33-25-16-19-36(20-17-25)22-24-6-11-28(12-7-24)41-29-13-8-26(9-14-29)35-43(3,39)40;/h6-15,21,25,35H,4-5,16-20,22H2,1-3H3,(H,33,38);1H. The van der Waals surface area contributed by atoms with E-state index in [1.807, 2.05) is 30.0 Å². The van der Waals surface area contributed by atoms with Gasteiger partial charge in [-0.05, 0) is 97.9 Å². The van der Waals surface area contributed by atoms with Crippen molar-refractivity contribution in [3.05, 3.63) is 78.0 Å². The maximum Gasteiger partial charge on any atom is 0.322 e. The summed E-state index contributed by atoms with van der Waals surface area (Å²) in [5.74, 6) is 1.34. The van der Waals surface area contributed by atoms with Crippen molar-refractivity contribution in [2.45, 2.75) is 52.1 Å². The van der Waals surface area contributed by atoms with Crippen LogP contribution in [0.4, 0.5) is 16.2 Å². The Labute approximate surface area is 270 Å². The molecule has 1 aliphatic rings. The lowest BCUT2D eigenvalue weighted by atomic mass is 10.0. The Hall–Kier alpha value is -3.38. The van der Waals surface area contributed by atoms with Crippen LogP contribution in [0.3, 0.4) is 0 Å². The maximum absolute atomic E-state index is 13.4. The van der Waals surface area contributed by atoms with Crippen molar-refractivity contribution in [2.75, 3.05) is 35.5 Å². The first kappa shape index (κ1) is 33.5. The number of carbonyl (C=O) groups excluding carboxylic acids is 1. The molecule has 2 amide bonds. The number of benzene rings is 3. The molecule has 5 rings (SSSR count). The summed E-state index contributed by atoms with van der Waals surface area (Å²) >= 11 is 1.49. The van der Waals surface area contributed by atoms with Crippen LogP contribution in [-0.2, 0) is 16.6 Å². The molecule has 2 N–H and O–H groups in total. The number of nitrogens with zero attached hydrogens (tertiary/aromatic N) is 3. The molecule has 44 heavy (non-hydrogen) atoms. The number of unbranched alkanes of at least 4 members (excludes halogenated alkanes) is 1. The molecule has 1 aliphatic heterocycles. The van der Waals surface area contributed by atoms with Gasteiger partial charge in [0, 0.05) is 49.0 Å². The summed E-state index contributed by atoms with van der Waals surface area (Å²) in [5.41, 5.74) is 3.61. The SMILES string of the molecule is CCCCN(C(=O)NC1CCN(Cc2ccc(Oc3ccc(NS(C)(=O)=O)cc3)cc2)CC1)c1ccc2snc(C)c2c1.Cl. The van der Waals surface area contributed by atoms with Gasteiger partial charge in [0.2, 0.25) is 10.0 Å². The minimum absolute atomic E-state index is 0. The Morgan fingerprint density at radius 1 is 1.05 bits per heavy atom. The van der Waals surface area contributed by atoms with Crippen molar-refractivity contribution in [2.24, 2.45) is 0 Å². The number of sulfonamides is 1. The Bertz CT molecular complexity index is 1640. The van der Waals surface area contributed by atoms with Gasteiger partial charge in [-0.3, -0.25) is 14.5 Å². The number of likely N-dealkylation sites (tertiary alicyclic amines) is 1. The molecular formula is C32H40ClN5O4S2. The molecule has 0 spiro atoms. The number of urea groups is 1. The topological polar surface area (TPSA) is 104 Å². The molecule has 3 aromatic carbocycles. The first-order valence-corrected chi connectivity index (χ1v) is 17.3. The van der Waals surface area contributed by atoms with Crippen LogP contribution in [0.5, 0.6) is 11.5 Å². The molecule has 12 heteroatoms. The molecule has 2 heterocycles. The molecule has 0 radical (unpaired) electrons. The van der Waals surface area contributed by atoms with Crippen LogP contribution in [0.25, 0.3) is 10.1 Å². The zero-order valence-corrected chi connectivity index (χ0v) is 27.7. The summed E-state index contributed by atoms with van der Waals surface area (Å²) in [6.45, 7) is 7.51. The van der Waals surface area contributed by atoms with E-state index in [1.165, 1.54) is 17.1 Å². The smallest absolute Gasteiger partial charge is 0.322 e. The van der Waals surface area contributed by atoms with Gasteiger partial charge < -0.3 is 10.1 Å². The van der Waals surface area contributed by atoms with Gasteiger partial charge in [0.05, 0.1) is 16.6 Å². The van der Waals surface area contributed by atoms with Gasteiger partial charge in [0.25, 0.3) is 0 Å². The van der Waals surface area contributed by atoms with E-state index in [4.69, 9.17) is 4.74 Å². The van der Waals surface area contributed by atoms with Crippen molar-refractivity contribution in [3.63, 3.8) is 0 Å². The molecule has 9 nitrogen and oxygen atoms in total. The van der Waals surface area contributed by atoms with Gasteiger partial charge in [-0.2, -0.15) is 4.37 Å². The van der Waals surface area contributed by atoms with Crippen LogP contribution in [0.1, 0.15) is 43.9 Å². The second-order valence-corrected chi connectivity index (χ2v) is 13.7. The second kappa shape index (κ2) is 15.1. The number of nitrogens with one attached hydrogen (secondary N) is 2. The highest BCUT2D eigenvalue weighted by molar-refractivity contribution is 7.92. The quantitative estimate of drug-likeness (QED) is 0.177. The number of amides is 2. The first-order valence-electron chi connectivity index (χ1n) is 14.7. The van der Waals surface area contributed by atoms with E-state index < -0.39 is 10.0 Å². The van der Waals surface area contributed by atoms with E-state index in [0.717, 1.165) is 73.0 Å². The number of aromatic nitrogens is 1. The summed E-state index contributed by atoms with van der Waals surface area (Å²) in [7, 11) is -3.31. The van der Waals surface area contributed by atoms with Crippen LogP contribution >= 0.6 is 23.9 Å². The number of anilines is 2. The summed E-state index contributed by atoms with van der Waals surface area (Å²) in [6.07, 6.45) is 4.91. The van der Waals surface area contributed by atoms with Crippen molar-refractivity contribution < 1.29 is 17.9 Å². The van der Waals surface area contributed by atoms with E-state index in [1.54, 1.807) is 24.3 Å². The van der Waals surface area contributed by atoms with E-state index in [0.29, 0.717) is 23.7 Å². The van der Waals surface area contributed by atoms with Gasteiger partial charge in [-0.15, -0.1) is 12.4 Å². The van der Waals surface area contributed by atoms with Crippen molar-refractivity contribution in [1.29, 1.82) is 0 Å². The second-order valence-electron chi connectivity index (χ2n) is 11.1. The van der Waals surface area contributed by atoms with Crippen molar-refractivity contribution >= 4 is 61.5 Å². The summed E-state index contributed by atoms with van der Waals surface area (Å²) in [4.78, 5) is 17.7. The van der Waals surface area contributed by atoms with Gasteiger partial charge in [0.1, 0.15) is 11.5 Å². The van der Waals surface area contributed by atoms with E-state index in [-0.39, 0.29) is 24.5 Å². The highest BCUT2D eigenvalue weighted by atomic mass is 35.5. The third-order valence-corrected chi connectivity index (χ3v) is 9.09. The molecule has 0 saturated carbocycles. The molecule has 0 aliphatic carbocycles. The Morgan fingerprint density at radius 3 is 2.34 bits per heavy atom. The third kappa shape index (κ3) is 9.07. The van der Waals surface area contributed by atoms with Crippen LogP contribution in [0, 0.1) is 6.92 Å². The van der Waals surface area contributed by atoms with Gasteiger partial charge in [-0.1, -0.05) is 25.5 Å². The molecule has 0 unspecified atom stereocenters. The number of rotatable bonds is 11. The van der Waals surface area contributed by atoms with Gasteiger partial charge in [0.15, 0.2) is 0 Å². The average molecular weight is 658 g/mol. The maximum atomic E-state index is 13.4. The summed E-state index contributed by atoms with van der Waals surface area (Å²) in [6, 6.07) is 21.1. The lowest BCUT2D eigenvalue weighted by Gasteiger charge is -2.34. The number of piperidine rings is 1. The number of carbonyl (C=O) groups is 1. The predicted molar refractivity (Wildman–Crippen MR) is 182 cm³/mol. The highest BCUT2D eigenvalue weighted by Gasteiger charge is 2.24. The molecule has 1 aromatic heterocycles. The zero-order chi connectivity index (χ0) is 30.4. The minimum Gasteiger partial charge on any atom is -0.457 e. The van der Waals surface area contributed by atoms with E-state index in [2.05, 4.69) is 50.5 Å².